The Balaban J connectivity index is 1.38. The lowest BCUT2D eigenvalue weighted by atomic mass is 10.0. The summed E-state index contributed by atoms with van der Waals surface area (Å²) < 4.78 is 30.2. The first-order valence-electron chi connectivity index (χ1n) is 10.0. The fourth-order valence-corrected chi connectivity index (χ4v) is 7.92. The molecule has 1 aromatic carbocycles. The van der Waals surface area contributed by atoms with Crippen LogP contribution in [0.1, 0.15) is 18.7 Å². The average molecular weight is 445 g/mol. The Morgan fingerprint density at radius 2 is 1.80 bits per heavy atom. The number of nitrogens with zero attached hydrogens (tertiary/aromatic N) is 6. The molecule has 8 nitrogen and oxygen atoms in total. The van der Waals surface area contributed by atoms with Crippen LogP contribution in [0.4, 0.5) is 5.82 Å². The molecule has 0 saturated carbocycles. The van der Waals surface area contributed by atoms with Gasteiger partial charge in [-0.2, -0.15) is 4.31 Å². The Morgan fingerprint density at radius 3 is 2.50 bits per heavy atom. The number of hydrogen-bond acceptors (Lipinski definition) is 7. The summed E-state index contributed by atoms with van der Waals surface area (Å²) in [6, 6.07) is 7.84. The van der Waals surface area contributed by atoms with Crippen molar-refractivity contribution in [3.05, 3.63) is 42.5 Å². The monoisotopic (exact) mass is 444 g/mol. The van der Waals surface area contributed by atoms with E-state index in [1.54, 1.807) is 26.8 Å². The Labute approximate surface area is 180 Å². The summed E-state index contributed by atoms with van der Waals surface area (Å²) in [6.07, 6.45) is 4.92. The van der Waals surface area contributed by atoms with Crippen LogP contribution in [0.5, 0.6) is 0 Å². The predicted molar refractivity (Wildman–Crippen MR) is 118 cm³/mol. The number of piperidine rings is 1. The van der Waals surface area contributed by atoms with E-state index in [0.29, 0.717) is 12.4 Å². The molecule has 0 aliphatic carbocycles. The van der Waals surface area contributed by atoms with Gasteiger partial charge in [-0.1, -0.05) is 12.1 Å². The van der Waals surface area contributed by atoms with Crippen LogP contribution >= 0.6 is 11.8 Å². The zero-order valence-electron chi connectivity index (χ0n) is 17.0. The Kier molecular flexibility index (Phi) is 4.75. The molecule has 3 aromatic rings. The van der Waals surface area contributed by atoms with Crippen LogP contribution in [-0.2, 0) is 17.1 Å². The van der Waals surface area contributed by atoms with Gasteiger partial charge in [0.1, 0.15) is 11.6 Å². The zero-order valence-corrected chi connectivity index (χ0v) is 18.7. The molecule has 2 saturated heterocycles. The molecule has 30 heavy (non-hydrogen) atoms. The summed E-state index contributed by atoms with van der Waals surface area (Å²) in [5.74, 6) is 2.35. The predicted octanol–water partition coefficient (Wildman–Crippen LogP) is 2.41. The third-order valence-corrected chi connectivity index (χ3v) is 9.57. The van der Waals surface area contributed by atoms with E-state index in [2.05, 4.69) is 14.9 Å². The van der Waals surface area contributed by atoms with E-state index in [1.165, 1.54) is 0 Å². The quantitative estimate of drug-likeness (QED) is 0.613. The standard InChI is InChI=1S/C20H24N6O2S2/c1-15-22-19(14-24(15)2)30(27,28)26-11-12-29-20(26)7-9-25(10-8-20)18-13-21-16-5-3-4-6-17(16)23-18/h3-6,13-14H,7-12H2,1-2H3. The second-order valence-electron chi connectivity index (χ2n) is 7.81. The van der Waals surface area contributed by atoms with Gasteiger partial charge in [-0.05, 0) is 31.9 Å². The first kappa shape index (κ1) is 19.8. The van der Waals surface area contributed by atoms with Crippen molar-refractivity contribution in [2.24, 2.45) is 7.05 Å². The van der Waals surface area contributed by atoms with Crippen molar-refractivity contribution in [1.29, 1.82) is 0 Å². The zero-order chi connectivity index (χ0) is 20.9. The maximum absolute atomic E-state index is 13.4. The highest BCUT2D eigenvalue weighted by Gasteiger charge is 2.50. The highest BCUT2D eigenvalue weighted by Crippen LogP contribution is 2.46. The van der Waals surface area contributed by atoms with E-state index < -0.39 is 14.9 Å². The number of benzene rings is 1. The lowest BCUT2D eigenvalue weighted by Crippen LogP contribution is -2.52. The number of hydrogen-bond donors (Lipinski definition) is 0. The van der Waals surface area contributed by atoms with Crippen molar-refractivity contribution >= 4 is 38.6 Å². The molecule has 0 radical (unpaired) electrons. The maximum atomic E-state index is 13.4. The Morgan fingerprint density at radius 1 is 1.07 bits per heavy atom. The van der Waals surface area contributed by atoms with E-state index >= 15 is 0 Å². The van der Waals surface area contributed by atoms with Gasteiger partial charge in [0.05, 0.1) is 22.1 Å². The second kappa shape index (κ2) is 7.21. The van der Waals surface area contributed by atoms with Crippen molar-refractivity contribution in [3.8, 4) is 0 Å². The average Bonchev–Trinajstić information content (AvgIpc) is 3.32. The summed E-state index contributed by atoms with van der Waals surface area (Å²) in [5, 5.41) is 0.146. The van der Waals surface area contributed by atoms with Crippen molar-refractivity contribution in [2.45, 2.75) is 29.7 Å². The summed E-state index contributed by atoms with van der Waals surface area (Å²) >= 11 is 1.76. The fourth-order valence-electron chi connectivity index (χ4n) is 4.28. The van der Waals surface area contributed by atoms with Crippen LogP contribution in [-0.4, -0.2) is 62.5 Å². The van der Waals surface area contributed by atoms with E-state index in [9.17, 15) is 8.42 Å². The van der Waals surface area contributed by atoms with Crippen molar-refractivity contribution in [3.63, 3.8) is 0 Å². The lowest BCUT2D eigenvalue weighted by Gasteiger charge is -2.43. The number of imidazole rings is 1. The molecule has 0 atom stereocenters. The number of para-hydroxylation sites is 2. The maximum Gasteiger partial charge on any atom is 0.263 e. The van der Waals surface area contributed by atoms with Gasteiger partial charge >= 0.3 is 0 Å². The molecule has 158 valence electrons. The van der Waals surface area contributed by atoms with Crippen LogP contribution in [0.2, 0.25) is 0 Å². The first-order valence-corrected chi connectivity index (χ1v) is 12.5. The van der Waals surface area contributed by atoms with Crippen molar-refractivity contribution < 1.29 is 8.42 Å². The molecule has 0 amide bonds. The van der Waals surface area contributed by atoms with Gasteiger partial charge in [-0.15, -0.1) is 11.8 Å². The molecular formula is C20H24N6O2S2. The smallest absolute Gasteiger partial charge is 0.263 e. The van der Waals surface area contributed by atoms with Crippen LogP contribution in [0.15, 0.2) is 41.7 Å². The number of rotatable bonds is 3. The van der Waals surface area contributed by atoms with Crippen molar-refractivity contribution in [1.82, 2.24) is 23.8 Å². The van der Waals surface area contributed by atoms with Gasteiger partial charge in [-0.3, -0.25) is 4.98 Å². The van der Waals surface area contributed by atoms with Gasteiger partial charge < -0.3 is 9.47 Å². The van der Waals surface area contributed by atoms with E-state index in [1.807, 2.05) is 44.4 Å². The molecule has 10 heteroatoms. The second-order valence-corrected chi connectivity index (χ2v) is 11.1. The minimum atomic E-state index is -3.63. The number of sulfonamides is 1. The molecule has 5 rings (SSSR count). The first-order chi connectivity index (χ1) is 14.4. The molecule has 4 heterocycles. The molecule has 2 aromatic heterocycles. The van der Waals surface area contributed by atoms with Crippen LogP contribution in [0, 0.1) is 6.92 Å². The van der Waals surface area contributed by atoms with Gasteiger partial charge in [0.15, 0.2) is 5.03 Å². The topological polar surface area (TPSA) is 84.2 Å². The SMILES string of the molecule is Cc1nc(S(=O)(=O)N2CCSC23CCN(c2cnc4ccccc4n2)CC3)cn1C. The number of thioether (sulfide) groups is 1. The Hall–Kier alpha value is -2.17. The van der Waals surface area contributed by atoms with Gasteiger partial charge in [-0.25, -0.2) is 18.4 Å². The number of anilines is 1. The third kappa shape index (κ3) is 3.17. The minimum absolute atomic E-state index is 0.146. The van der Waals surface area contributed by atoms with E-state index in [0.717, 1.165) is 48.5 Å². The fraction of sp³-hybridized carbons (Fsp3) is 0.450. The highest BCUT2D eigenvalue weighted by atomic mass is 32.2. The summed E-state index contributed by atoms with van der Waals surface area (Å²) in [7, 11) is -1.81. The number of fused-ring (bicyclic) bond motifs is 1. The number of aryl methyl sites for hydroxylation is 2. The van der Waals surface area contributed by atoms with E-state index in [-0.39, 0.29) is 5.03 Å². The normalized spacial score (nSPS) is 19.7. The molecule has 0 bridgehead atoms. The molecular weight excluding hydrogens is 420 g/mol. The molecule has 0 unspecified atom stereocenters. The van der Waals surface area contributed by atoms with Gasteiger partial charge in [0.2, 0.25) is 0 Å². The van der Waals surface area contributed by atoms with Gasteiger partial charge in [0.25, 0.3) is 10.0 Å². The van der Waals surface area contributed by atoms with E-state index in [4.69, 9.17) is 4.98 Å². The number of aromatic nitrogens is 4. The largest absolute Gasteiger partial charge is 0.355 e. The summed E-state index contributed by atoms with van der Waals surface area (Å²) in [6.45, 7) is 3.83. The molecule has 1 spiro atoms. The van der Waals surface area contributed by atoms with Gasteiger partial charge in [0, 0.05) is 38.6 Å². The minimum Gasteiger partial charge on any atom is -0.355 e. The van der Waals surface area contributed by atoms with Crippen molar-refractivity contribution in [2.75, 3.05) is 30.3 Å². The van der Waals surface area contributed by atoms with Crippen LogP contribution < -0.4 is 4.90 Å². The lowest BCUT2D eigenvalue weighted by molar-refractivity contribution is 0.265. The summed E-state index contributed by atoms with van der Waals surface area (Å²) in [5.41, 5.74) is 1.75. The molecule has 0 N–H and O–H groups in total. The molecule has 2 fully saturated rings. The molecule has 2 aliphatic rings. The Bertz CT molecular complexity index is 1180. The molecule has 2 aliphatic heterocycles. The summed E-state index contributed by atoms with van der Waals surface area (Å²) in [4.78, 5) is 15.4. The van der Waals surface area contributed by atoms with Crippen LogP contribution in [0.3, 0.4) is 0 Å². The third-order valence-electron chi connectivity index (χ3n) is 6.07. The van der Waals surface area contributed by atoms with Crippen LogP contribution in [0.25, 0.3) is 11.0 Å². The highest BCUT2D eigenvalue weighted by molar-refractivity contribution is 8.02.